The third kappa shape index (κ3) is 3.07. The SMILES string of the molecule is CCC(=O)N1[C@H](c2cc(OC)ccc2OC)c2[nH]c3ccccc3c2C[C@@H]1C(=O)O. The van der Waals surface area contributed by atoms with Crippen LogP contribution in [-0.2, 0) is 16.0 Å². The maximum Gasteiger partial charge on any atom is 0.326 e. The lowest BCUT2D eigenvalue weighted by Crippen LogP contribution is -2.51. The molecule has 0 saturated heterocycles. The Morgan fingerprint density at radius 1 is 1.17 bits per heavy atom. The second-order valence-corrected chi connectivity index (χ2v) is 7.29. The smallest absolute Gasteiger partial charge is 0.326 e. The summed E-state index contributed by atoms with van der Waals surface area (Å²) in [4.78, 5) is 30.2. The van der Waals surface area contributed by atoms with Gasteiger partial charge in [0.2, 0.25) is 5.91 Å². The quantitative estimate of drug-likeness (QED) is 0.674. The summed E-state index contributed by atoms with van der Waals surface area (Å²) in [6, 6.07) is 11.5. The van der Waals surface area contributed by atoms with Gasteiger partial charge in [-0.05, 0) is 29.8 Å². The summed E-state index contributed by atoms with van der Waals surface area (Å²) in [5.74, 6) is -0.101. The van der Waals surface area contributed by atoms with Crippen LogP contribution in [0.2, 0.25) is 0 Å². The summed E-state index contributed by atoms with van der Waals surface area (Å²) < 4.78 is 11.0. The number of nitrogens with zero attached hydrogens (tertiary/aromatic N) is 1. The van der Waals surface area contributed by atoms with Crippen LogP contribution in [0.5, 0.6) is 11.5 Å². The fraction of sp³-hybridized carbons (Fsp3) is 0.304. The second kappa shape index (κ2) is 7.74. The van der Waals surface area contributed by atoms with E-state index in [4.69, 9.17) is 9.47 Å². The minimum Gasteiger partial charge on any atom is -0.497 e. The molecule has 4 rings (SSSR count). The molecule has 1 aromatic heterocycles. The molecule has 2 aromatic carbocycles. The predicted molar refractivity (Wildman–Crippen MR) is 112 cm³/mol. The summed E-state index contributed by atoms with van der Waals surface area (Å²) >= 11 is 0. The Morgan fingerprint density at radius 3 is 2.60 bits per heavy atom. The predicted octanol–water partition coefficient (Wildman–Crippen LogP) is 3.52. The van der Waals surface area contributed by atoms with Gasteiger partial charge >= 0.3 is 5.97 Å². The van der Waals surface area contributed by atoms with Gasteiger partial charge in [0.05, 0.1) is 14.2 Å². The van der Waals surface area contributed by atoms with E-state index >= 15 is 0 Å². The van der Waals surface area contributed by atoms with E-state index in [1.807, 2.05) is 24.3 Å². The number of amides is 1. The molecule has 30 heavy (non-hydrogen) atoms. The highest BCUT2D eigenvalue weighted by molar-refractivity contribution is 5.90. The molecule has 0 bridgehead atoms. The van der Waals surface area contributed by atoms with Crippen molar-refractivity contribution in [3.8, 4) is 11.5 Å². The Kier molecular flexibility index (Phi) is 5.11. The molecule has 0 aliphatic carbocycles. The first kappa shape index (κ1) is 19.8. The molecule has 0 unspecified atom stereocenters. The number of carboxylic acids is 1. The Labute approximate surface area is 174 Å². The second-order valence-electron chi connectivity index (χ2n) is 7.29. The lowest BCUT2D eigenvalue weighted by molar-refractivity contribution is -0.152. The topological polar surface area (TPSA) is 91.9 Å². The van der Waals surface area contributed by atoms with E-state index < -0.39 is 18.1 Å². The van der Waals surface area contributed by atoms with Crippen LogP contribution >= 0.6 is 0 Å². The van der Waals surface area contributed by atoms with Gasteiger partial charge in [0, 0.05) is 35.0 Å². The lowest BCUT2D eigenvalue weighted by Gasteiger charge is -2.40. The summed E-state index contributed by atoms with van der Waals surface area (Å²) in [7, 11) is 3.12. The van der Waals surface area contributed by atoms with Gasteiger partial charge in [-0.2, -0.15) is 0 Å². The zero-order chi connectivity index (χ0) is 21.4. The first-order valence-corrected chi connectivity index (χ1v) is 9.85. The number of carbonyl (C=O) groups excluding carboxylic acids is 1. The molecule has 0 fully saturated rings. The van der Waals surface area contributed by atoms with E-state index in [0.717, 1.165) is 22.2 Å². The van der Waals surface area contributed by atoms with Crippen LogP contribution in [0.15, 0.2) is 42.5 Å². The van der Waals surface area contributed by atoms with Crippen molar-refractivity contribution in [2.45, 2.75) is 31.8 Å². The number of fused-ring (bicyclic) bond motifs is 3. The maximum absolute atomic E-state index is 13.0. The van der Waals surface area contributed by atoms with Crippen molar-refractivity contribution in [3.63, 3.8) is 0 Å². The van der Waals surface area contributed by atoms with Crippen molar-refractivity contribution in [2.75, 3.05) is 14.2 Å². The van der Waals surface area contributed by atoms with Gasteiger partial charge < -0.3 is 24.5 Å². The molecule has 1 aliphatic rings. The molecule has 0 spiro atoms. The van der Waals surface area contributed by atoms with Crippen LogP contribution in [0.3, 0.4) is 0 Å². The molecule has 7 nitrogen and oxygen atoms in total. The average molecular weight is 408 g/mol. The molecule has 2 atom stereocenters. The first-order valence-electron chi connectivity index (χ1n) is 9.85. The number of para-hydroxylation sites is 1. The number of nitrogens with one attached hydrogen (secondary N) is 1. The minimum atomic E-state index is -1.03. The van der Waals surface area contributed by atoms with Crippen LogP contribution in [0.25, 0.3) is 10.9 Å². The Balaban J connectivity index is 2.04. The number of aromatic amines is 1. The normalized spacial score (nSPS) is 18.2. The number of benzene rings is 2. The molecular weight excluding hydrogens is 384 g/mol. The average Bonchev–Trinajstić information content (AvgIpc) is 3.15. The van der Waals surface area contributed by atoms with Crippen LogP contribution in [-0.4, -0.2) is 47.1 Å². The van der Waals surface area contributed by atoms with E-state index in [-0.39, 0.29) is 18.7 Å². The van der Waals surface area contributed by atoms with Crippen molar-refractivity contribution in [1.82, 2.24) is 9.88 Å². The van der Waals surface area contributed by atoms with E-state index in [0.29, 0.717) is 17.1 Å². The molecule has 156 valence electrons. The molecule has 3 aromatic rings. The number of hydrogen-bond donors (Lipinski definition) is 2. The van der Waals surface area contributed by atoms with E-state index in [1.54, 1.807) is 39.3 Å². The highest BCUT2D eigenvalue weighted by Gasteiger charge is 2.44. The number of aliphatic carboxylic acids is 1. The van der Waals surface area contributed by atoms with Crippen molar-refractivity contribution in [3.05, 3.63) is 59.3 Å². The highest BCUT2D eigenvalue weighted by Crippen LogP contribution is 2.44. The number of H-pyrrole nitrogens is 1. The molecule has 0 saturated carbocycles. The standard InChI is InChI=1S/C23H24N2O5/c1-4-20(26)25-18(23(27)28)12-15-14-7-5-6-8-17(14)24-21(15)22(25)16-11-13(29-2)9-10-19(16)30-3/h5-11,18,22,24H,4,12H2,1-3H3,(H,27,28)/t18-,22-/m1/s1. The van der Waals surface area contributed by atoms with E-state index in [9.17, 15) is 14.7 Å². The number of ether oxygens (including phenoxy) is 2. The molecule has 2 N–H and O–H groups in total. The summed E-state index contributed by atoms with van der Waals surface area (Å²) in [5, 5.41) is 11.0. The zero-order valence-electron chi connectivity index (χ0n) is 17.1. The van der Waals surface area contributed by atoms with Gasteiger partial charge in [-0.15, -0.1) is 0 Å². The van der Waals surface area contributed by atoms with Gasteiger partial charge in [-0.25, -0.2) is 4.79 Å². The third-order valence-corrected chi connectivity index (χ3v) is 5.74. The zero-order valence-corrected chi connectivity index (χ0v) is 17.1. The molecule has 0 radical (unpaired) electrons. The summed E-state index contributed by atoms with van der Waals surface area (Å²) in [6.45, 7) is 1.74. The lowest BCUT2D eigenvalue weighted by atomic mass is 9.87. The number of aromatic nitrogens is 1. The maximum atomic E-state index is 13.0. The largest absolute Gasteiger partial charge is 0.497 e. The van der Waals surface area contributed by atoms with Crippen molar-refractivity contribution >= 4 is 22.8 Å². The van der Waals surface area contributed by atoms with Gasteiger partial charge in [0.1, 0.15) is 23.6 Å². The Morgan fingerprint density at radius 2 is 1.93 bits per heavy atom. The van der Waals surface area contributed by atoms with E-state index in [2.05, 4.69) is 4.98 Å². The van der Waals surface area contributed by atoms with Crippen LogP contribution in [0.4, 0.5) is 0 Å². The molecule has 1 amide bonds. The summed E-state index contributed by atoms with van der Waals surface area (Å²) in [6.07, 6.45) is 0.436. The highest BCUT2D eigenvalue weighted by atomic mass is 16.5. The van der Waals surface area contributed by atoms with E-state index in [1.165, 1.54) is 4.90 Å². The Hall–Kier alpha value is -3.48. The van der Waals surface area contributed by atoms with Gasteiger partial charge in [0.15, 0.2) is 0 Å². The van der Waals surface area contributed by atoms with Gasteiger partial charge in [-0.1, -0.05) is 25.1 Å². The Bertz CT molecular complexity index is 1120. The molecule has 2 heterocycles. The monoisotopic (exact) mass is 408 g/mol. The van der Waals surface area contributed by atoms with Gasteiger partial charge in [0.25, 0.3) is 0 Å². The molecule has 1 aliphatic heterocycles. The number of hydrogen-bond acceptors (Lipinski definition) is 4. The third-order valence-electron chi connectivity index (χ3n) is 5.74. The van der Waals surface area contributed by atoms with Crippen molar-refractivity contribution in [1.29, 1.82) is 0 Å². The number of methoxy groups -OCH3 is 2. The fourth-order valence-corrected chi connectivity index (χ4v) is 4.35. The number of carboxylic acid groups (broad SMARTS) is 1. The van der Waals surface area contributed by atoms with Crippen LogP contribution < -0.4 is 9.47 Å². The van der Waals surface area contributed by atoms with Crippen molar-refractivity contribution < 1.29 is 24.2 Å². The van der Waals surface area contributed by atoms with Crippen LogP contribution in [0.1, 0.15) is 36.2 Å². The van der Waals surface area contributed by atoms with Gasteiger partial charge in [-0.3, -0.25) is 4.79 Å². The first-order chi connectivity index (χ1) is 14.5. The number of rotatable bonds is 5. The minimum absolute atomic E-state index is 0.197. The molecular formula is C23H24N2O5. The summed E-state index contributed by atoms with van der Waals surface area (Å²) in [5.41, 5.74) is 3.30. The number of carbonyl (C=O) groups is 2. The van der Waals surface area contributed by atoms with Crippen LogP contribution in [0, 0.1) is 0 Å². The fourth-order valence-electron chi connectivity index (χ4n) is 4.35. The van der Waals surface area contributed by atoms with Crippen molar-refractivity contribution in [2.24, 2.45) is 0 Å². The molecule has 7 heteroatoms.